The quantitative estimate of drug-likeness (QED) is 0.539. The lowest BCUT2D eigenvalue weighted by molar-refractivity contribution is 0.296. The molecule has 1 aromatic carbocycles. The summed E-state index contributed by atoms with van der Waals surface area (Å²) >= 11 is 0. The molecule has 4 rings (SSSR count). The topological polar surface area (TPSA) is 98.0 Å². The van der Waals surface area contributed by atoms with E-state index in [4.69, 9.17) is 19.0 Å². The van der Waals surface area contributed by atoms with E-state index >= 15 is 0 Å². The molecule has 1 aliphatic rings. The van der Waals surface area contributed by atoms with E-state index in [9.17, 15) is 0 Å². The van der Waals surface area contributed by atoms with Gasteiger partial charge < -0.3 is 13.8 Å². The van der Waals surface area contributed by atoms with Crippen LogP contribution in [-0.4, -0.2) is 21.9 Å². The highest BCUT2D eigenvalue weighted by Gasteiger charge is 2.29. The molecule has 2 aromatic heterocycles. The van der Waals surface area contributed by atoms with Crippen molar-refractivity contribution in [1.82, 2.24) is 15.3 Å². The molecule has 0 spiro atoms. The van der Waals surface area contributed by atoms with Gasteiger partial charge >= 0.3 is 0 Å². The number of hydrogen-bond acceptors (Lipinski definition) is 7. The Morgan fingerprint density at radius 1 is 1.14 bits per heavy atom. The Hall–Kier alpha value is -3.14. The van der Waals surface area contributed by atoms with Gasteiger partial charge in [-0.25, -0.2) is 0 Å². The summed E-state index contributed by atoms with van der Waals surface area (Å²) < 4.78 is 16.6. The summed E-state index contributed by atoms with van der Waals surface area (Å²) in [6.45, 7) is 4.63. The van der Waals surface area contributed by atoms with Crippen LogP contribution in [0.15, 0.2) is 27.2 Å². The highest BCUT2D eigenvalue weighted by molar-refractivity contribution is 5.61. The number of benzene rings is 1. The Morgan fingerprint density at radius 3 is 2.64 bits per heavy atom. The standard InChI is InChI=1S/C21H22N4O3/c1-13-10-16(20-23-21(28-25-20)15-5-6-15)11-14(2)19(13)26-9-3-4-18-12-17(7-8-22)24-27-18/h10-12,15H,3-7,9H2,1-2H3. The molecule has 28 heavy (non-hydrogen) atoms. The maximum atomic E-state index is 8.68. The first-order chi connectivity index (χ1) is 13.6. The Labute approximate surface area is 163 Å². The van der Waals surface area contributed by atoms with Gasteiger partial charge in [-0.05, 0) is 56.4 Å². The fraction of sp³-hybridized carbons (Fsp3) is 0.429. The first-order valence-electron chi connectivity index (χ1n) is 9.53. The average Bonchev–Trinajstić information content (AvgIpc) is 3.23. The molecule has 1 saturated carbocycles. The van der Waals surface area contributed by atoms with Gasteiger partial charge in [0.15, 0.2) is 0 Å². The van der Waals surface area contributed by atoms with Crippen molar-refractivity contribution in [2.45, 2.75) is 51.9 Å². The average molecular weight is 378 g/mol. The van der Waals surface area contributed by atoms with Crippen LogP contribution in [-0.2, 0) is 12.8 Å². The smallest absolute Gasteiger partial charge is 0.230 e. The molecule has 0 N–H and O–H groups in total. The summed E-state index contributed by atoms with van der Waals surface area (Å²) in [4.78, 5) is 4.52. The molecule has 7 nitrogen and oxygen atoms in total. The number of nitrogens with zero attached hydrogens (tertiary/aromatic N) is 4. The van der Waals surface area contributed by atoms with Gasteiger partial charge in [0, 0.05) is 24.0 Å². The Bertz CT molecular complexity index is 988. The van der Waals surface area contributed by atoms with Crippen molar-refractivity contribution in [2.75, 3.05) is 6.61 Å². The Kier molecular flexibility index (Phi) is 5.11. The predicted octanol–water partition coefficient (Wildman–Crippen LogP) is 4.30. The Balaban J connectivity index is 1.35. The molecular formula is C21H22N4O3. The van der Waals surface area contributed by atoms with E-state index in [0.717, 1.165) is 59.8 Å². The fourth-order valence-electron chi connectivity index (χ4n) is 3.21. The Morgan fingerprint density at radius 2 is 1.93 bits per heavy atom. The summed E-state index contributed by atoms with van der Waals surface area (Å²) in [5.74, 6) is 3.50. The van der Waals surface area contributed by atoms with Crippen LogP contribution in [0.25, 0.3) is 11.4 Å². The first kappa shape index (κ1) is 18.2. The number of aryl methyl sites for hydroxylation is 3. The molecule has 0 aliphatic heterocycles. The van der Waals surface area contributed by atoms with Gasteiger partial charge in [0.1, 0.15) is 11.5 Å². The van der Waals surface area contributed by atoms with Gasteiger partial charge in [0.05, 0.1) is 24.8 Å². The van der Waals surface area contributed by atoms with Crippen molar-refractivity contribution < 1.29 is 13.8 Å². The highest BCUT2D eigenvalue weighted by atomic mass is 16.5. The first-order valence-corrected chi connectivity index (χ1v) is 9.53. The maximum absolute atomic E-state index is 8.68. The molecule has 0 atom stereocenters. The predicted molar refractivity (Wildman–Crippen MR) is 101 cm³/mol. The summed E-state index contributed by atoms with van der Waals surface area (Å²) in [7, 11) is 0. The minimum absolute atomic E-state index is 0.271. The molecule has 1 aliphatic carbocycles. The summed E-state index contributed by atoms with van der Waals surface area (Å²) in [6, 6.07) is 7.96. The van der Waals surface area contributed by atoms with E-state index in [1.165, 1.54) is 0 Å². The minimum Gasteiger partial charge on any atom is -0.493 e. The van der Waals surface area contributed by atoms with E-state index in [-0.39, 0.29) is 6.42 Å². The third-order valence-electron chi connectivity index (χ3n) is 4.77. The monoisotopic (exact) mass is 378 g/mol. The molecule has 1 fully saturated rings. The SMILES string of the molecule is Cc1cc(-c2noc(C3CC3)n2)cc(C)c1OCCCc1cc(CC#N)no1. The van der Waals surface area contributed by atoms with Crippen LogP contribution in [0.1, 0.15) is 53.7 Å². The number of aromatic nitrogens is 3. The van der Waals surface area contributed by atoms with Crippen LogP contribution in [0.5, 0.6) is 5.75 Å². The second-order valence-electron chi connectivity index (χ2n) is 7.24. The normalized spacial score (nSPS) is 13.5. The number of hydrogen-bond donors (Lipinski definition) is 0. The van der Waals surface area contributed by atoms with Crippen LogP contribution >= 0.6 is 0 Å². The van der Waals surface area contributed by atoms with E-state index < -0.39 is 0 Å². The number of ether oxygens (including phenoxy) is 1. The molecule has 2 heterocycles. The van der Waals surface area contributed by atoms with Crippen molar-refractivity contribution in [3.05, 3.63) is 46.7 Å². The van der Waals surface area contributed by atoms with Crippen LogP contribution < -0.4 is 4.74 Å². The summed E-state index contributed by atoms with van der Waals surface area (Å²) in [5, 5.41) is 16.7. The van der Waals surface area contributed by atoms with Gasteiger partial charge in [-0.1, -0.05) is 10.3 Å². The zero-order valence-electron chi connectivity index (χ0n) is 16.1. The van der Waals surface area contributed by atoms with E-state index in [2.05, 4.69) is 21.4 Å². The molecule has 0 unspecified atom stereocenters. The zero-order chi connectivity index (χ0) is 19.5. The van der Waals surface area contributed by atoms with Gasteiger partial charge in [0.2, 0.25) is 11.7 Å². The van der Waals surface area contributed by atoms with E-state index in [1.54, 1.807) is 0 Å². The van der Waals surface area contributed by atoms with Gasteiger partial charge in [0.25, 0.3) is 0 Å². The van der Waals surface area contributed by atoms with Crippen molar-refractivity contribution in [1.29, 1.82) is 5.26 Å². The zero-order valence-corrected chi connectivity index (χ0v) is 16.1. The molecule has 0 radical (unpaired) electrons. The number of rotatable bonds is 8. The summed E-state index contributed by atoms with van der Waals surface area (Å²) in [5.41, 5.74) is 3.71. The lowest BCUT2D eigenvalue weighted by Crippen LogP contribution is -2.02. The van der Waals surface area contributed by atoms with Crippen molar-refractivity contribution in [3.63, 3.8) is 0 Å². The van der Waals surface area contributed by atoms with E-state index in [0.29, 0.717) is 24.0 Å². The lowest BCUT2D eigenvalue weighted by Gasteiger charge is -2.13. The second kappa shape index (κ2) is 7.85. The van der Waals surface area contributed by atoms with Crippen molar-refractivity contribution in [2.24, 2.45) is 0 Å². The second-order valence-corrected chi connectivity index (χ2v) is 7.24. The van der Waals surface area contributed by atoms with Gasteiger partial charge in [-0.15, -0.1) is 0 Å². The van der Waals surface area contributed by atoms with E-state index in [1.807, 2.05) is 32.0 Å². The molecular weight excluding hydrogens is 356 g/mol. The molecule has 144 valence electrons. The van der Waals surface area contributed by atoms with Crippen LogP contribution in [0.4, 0.5) is 0 Å². The molecule has 0 saturated heterocycles. The van der Waals surface area contributed by atoms with Crippen LogP contribution in [0.3, 0.4) is 0 Å². The molecule has 3 aromatic rings. The fourth-order valence-corrected chi connectivity index (χ4v) is 3.21. The third-order valence-corrected chi connectivity index (χ3v) is 4.77. The molecule has 0 amide bonds. The minimum atomic E-state index is 0.271. The van der Waals surface area contributed by atoms with Crippen molar-refractivity contribution in [3.8, 4) is 23.2 Å². The lowest BCUT2D eigenvalue weighted by atomic mass is 10.1. The number of nitriles is 1. The molecule has 7 heteroatoms. The van der Waals surface area contributed by atoms with Gasteiger partial charge in [-0.2, -0.15) is 10.2 Å². The maximum Gasteiger partial charge on any atom is 0.230 e. The largest absolute Gasteiger partial charge is 0.493 e. The van der Waals surface area contributed by atoms with Crippen LogP contribution in [0.2, 0.25) is 0 Å². The molecule has 0 bridgehead atoms. The van der Waals surface area contributed by atoms with Crippen LogP contribution in [0, 0.1) is 25.2 Å². The summed E-state index contributed by atoms with van der Waals surface area (Å²) in [6.07, 6.45) is 4.08. The third kappa shape index (κ3) is 4.06. The highest BCUT2D eigenvalue weighted by Crippen LogP contribution is 2.40. The van der Waals surface area contributed by atoms with Crippen molar-refractivity contribution >= 4 is 0 Å². The van der Waals surface area contributed by atoms with Gasteiger partial charge in [-0.3, -0.25) is 0 Å².